The molecule has 0 saturated carbocycles. The van der Waals surface area contributed by atoms with Crippen LogP contribution >= 0.6 is 0 Å². The lowest BCUT2D eigenvalue weighted by Gasteiger charge is -2.13. The van der Waals surface area contributed by atoms with Gasteiger partial charge in [-0.05, 0) is 39.0 Å². The first-order valence-corrected chi connectivity index (χ1v) is 8.20. The predicted octanol–water partition coefficient (Wildman–Crippen LogP) is 1.87. The van der Waals surface area contributed by atoms with Crippen LogP contribution in [-0.4, -0.2) is 36.2 Å². The van der Waals surface area contributed by atoms with Crippen LogP contribution in [0.4, 0.5) is 4.79 Å². The molecule has 144 valence electrons. The Bertz CT molecular complexity index is 826. The zero-order chi connectivity index (χ0) is 20.0. The Balaban J connectivity index is 1.98. The summed E-state index contributed by atoms with van der Waals surface area (Å²) >= 11 is 0. The fourth-order valence-corrected chi connectivity index (χ4v) is 2.13. The van der Waals surface area contributed by atoms with E-state index in [0.29, 0.717) is 11.5 Å². The van der Waals surface area contributed by atoms with E-state index < -0.39 is 24.0 Å². The number of aryl methyl sites for hydroxylation is 2. The molecule has 1 unspecified atom stereocenters. The number of carbonyl (C=O) groups is 3. The first kappa shape index (κ1) is 20.0. The van der Waals surface area contributed by atoms with Gasteiger partial charge in [-0.3, -0.25) is 10.1 Å². The van der Waals surface area contributed by atoms with E-state index in [9.17, 15) is 14.4 Å². The number of hydrogen-bond acceptors (Lipinski definition) is 7. The highest BCUT2D eigenvalue weighted by Crippen LogP contribution is 2.19. The van der Waals surface area contributed by atoms with Gasteiger partial charge < -0.3 is 19.3 Å². The van der Waals surface area contributed by atoms with Gasteiger partial charge in [0.1, 0.15) is 18.1 Å². The van der Waals surface area contributed by atoms with E-state index in [1.54, 1.807) is 19.1 Å². The van der Waals surface area contributed by atoms with Gasteiger partial charge in [0.25, 0.3) is 5.91 Å². The Labute approximate surface area is 156 Å². The molecule has 2 aromatic rings. The van der Waals surface area contributed by atoms with Crippen LogP contribution in [0.3, 0.4) is 0 Å². The van der Waals surface area contributed by atoms with Crippen LogP contribution in [0.25, 0.3) is 0 Å². The van der Waals surface area contributed by atoms with Gasteiger partial charge in [-0.15, -0.1) is 0 Å². The highest BCUT2D eigenvalue weighted by Gasteiger charge is 2.20. The number of esters is 1. The van der Waals surface area contributed by atoms with E-state index in [0.717, 1.165) is 11.3 Å². The smallest absolute Gasteiger partial charge is 0.339 e. The van der Waals surface area contributed by atoms with Crippen molar-refractivity contribution in [1.29, 1.82) is 0 Å². The van der Waals surface area contributed by atoms with Gasteiger partial charge in [-0.2, -0.15) is 0 Å². The molecule has 1 aromatic carbocycles. The summed E-state index contributed by atoms with van der Waals surface area (Å²) in [5.41, 5.74) is 1.78. The monoisotopic (exact) mass is 375 g/mol. The summed E-state index contributed by atoms with van der Waals surface area (Å²) in [5.74, 6) is -0.322. The summed E-state index contributed by atoms with van der Waals surface area (Å²) < 4.78 is 15.8. The number of nitrogens with zero attached hydrogens (tertiary/aromatic N) is 1. The number of ether oxygens (including phenoxy) is 2. The number of urea groups is 1. The fourth-order valence-electron chi connectivity index (χ4n) is 2.13. The summed E-state index contributed by atoms with van der Waals surface area (Å²) in [6, 6.07) is 5.68. The van der Waals surface area contributed by atoms with Crippen molar-refractivity contribution in [2.24, 2.45) is 0 Å². The zero-order valence-electron chi connectivity index (χ0n) is 15.5. The SMILES string of the molecule is CNC(=O)NC(=O)C(C)OC(=O)c1cccc(OCc2c(C)noc2C)c1. The van der Waals surface area contributed by atoms with Crippen molar-refractivity contribution in [1.82, 2.24) is 15.8 Å². The number of imide groups is 1. The lowest BCUT2D eigenvalue weighted by atomic mass is 10.2. The minimum atomic E-state index is -1.14. The Hall–Kier alpha value is -3.36. The van der Waals surface area contributed by atoms with E-state index in [1.807, 2.05) is 12.2 Å². The first-order chi connectivity index (χ1) is 12.8. The largest absolute Gasteiger partial charge is 0.489 e. The number of carbonyl (C=O) groups excluding carboxylic acids is 3. The van der Waals surface area contributed by atoms with E-state index >= 15 is 0 Å². The van der Waals surface area contributed by atoms with Gasteiger partial charge in [-0.1, -0.05) is 11.2 Å². The second kappa shape index (κ2) is 8.84. The Morgan fingerprint density at radius 1 is 1.26 bits per heavy atom. The predicted molar refractivity (Wildman–Crippen MR) is 94.2 cm³/mol. The summed E-state index contributed by atoms with van der Waals surface area (Å²) in [7, 11) is 1.37. The Kier molecular flexibility index (Phi) is 6.53. The quantitative estimate of drug-likeness (QED) is 0.740. The molecular weight excluding hydrogens is 354 g/mol. The normalized spacial score (nSPS) is 11.4. The lowest BCUT2D eigenvalue weighted by molar-refractivity contribution is -0.127. The van der Waals surface area contributed by atoms with Crippen LogP contribution in [0.15, 0.2) is 28.8 Å². The second-order valence-corrected chi connectivity index (χ2v) is 5.74. The van der Waals surface area contributed by atoms with Gasteiger partial charge in [0, 0.05) is 7.05 Å². The molecule has 0 aliphatic heterocycles. The summed E-state index contributed by atoms with van der Waals surface area (Å²) in [4.78, 5) is 35.1. The molecule has 0 aliphatic carbocycles. The van der Waals surface area contributed by atoms with Crippen molar-refractivity contribution in [2.45, 2.75) is 33.5 Å². The van der Waals surface area contributed by atoms with Gasteiger partial charge >= 0.3 is 12.0 Å². The van der Waals surface area contributed by atoms with Crippen molar-refractivity contribution in [2.75, 3.05) is 7.05 Å². The summed E-state index contributed by atoms with van der Waals surface area (Å²) in [6.45, 7) is 5.21. The van der Waals surface area contributed by atoms with Crippen LogP contribution < -0.4 is 15.4 Å². The Morgan fingerprint density at radius 3 is 2.63 bits per heavy atom. The van der Waals surface area contributed by atoms with Gasteiger partial charge in [0.05, 0.1) is 16.8 Å². The number of aromatic nitrogens is 1. The molecule has 0 bridgehead atoms. The number of amides is 3. The molecule has 27 heavy (non-hydrogen) atoms. The molecule has 0 spiro atoms. The van der Waals surface area contributed by atoms with Crippen molar-refractivity contribution in [3.8, 4) is 5.75 Å². The highest BCUT2D eigenvalue weighted by molar-refractivity contribution is 5.98. The van der Waals surface area contributed by atoms with E-state index in [2.05, 4.69) is 10.5 Å². The molecule has 9 nitrogen and oxygen atoms in total. The zero-order valence-corrected chi connectivity index (χ0v) is 15.5. The maximum Gasteiger partial charge on any atom is 0.339 e. The fraction of sp³-hybridized carbons (Fsp3) is 0.333. The van der Waals surface area contributed by atoms with Gasteiger partial charge in [0.15, 0.2) is 6.10 Å². The maximum atomic E-state index is 12.2. The summed E-state index contributed by atoms with van der Waals surface area (Å²) in [6.07, 6.45) is -1.14. The average Bonchev–Trinajstić information content (AvgIpc) is 2.97. The molecule has 1 aromatic heterocycles. The van der Waals surface area contributed by atoms with Crippen LogP contribution in [0.2, 0.25) is 0 Å². The van der Waals surface area contributed by atoms with Crippen LogP contribution in [-0.2, 0) is 16.1 Å². The molecule has 3 amide bonds. The molecule has 0 saturated heterocycles. The molecule has 0 fully saturated rings. The average molecular weight is 375 g/mol. The van der Waals surface area contributed by atoms with Crippen molar-refractivity contribution < 1.29 is 28.4 Å². The molecule has 0 radical (unpaired) electrons. The number of hydrogen-bond donors (Lipinski definition) is 2. The second-order valence-electron chi connectivity index (χ2n) is 5.74. The summed E-state index contributed by atoms with van der Waals surface area (Å²) in [5, 5.41) is 8.13. The Morgan fingerprint density at radius 2 is 2.00 bits per heavy atom. The maximum absolute atomic E-state index is 12.2. The molecule has 0 aliphatic rings. The van der Waals surface area contributed by atoms with Gasteiger partial charge in [-0.25, -0.2) is 9.59 Å². The van der Waals surface area contributed by atoms with Crippen LogP contribution in [0, 0.1) is 13.8 Å². The molecule has 2 N–H and O–H groups in total. The van der Waals surface area contributed by atoms with Crippen molar-refractivity contribution in [3.05, 3.63) is 46.8 Å². The number of nitrogens with one attached hydrogen (secondary N) is 2. The lowest BCUT2D eigenvalue weighted by Crippen LogP contribution is -2.43. The third kappa shape index (κ3) is 5.30. The molecular formula is C18H21N3O6. The third-order valence-corrected chi connectivity index (χ3v) is 3.75. The third-order valence-electron chi connectivity index (χ3n) is 3.75. The standard InChI is InChI=1S/C18H21N3O6/c1-10-15(11(2)27-21-10)9-25-14-7-5-6-13(8-14)17(23)26-12(3)16(22)20-18(24)19-4/h5-8,12H,9H2,1-4H3,(H2,19,20,22,24). The van der Waals surface area contributed by atoms with Gasteiger partial charge in [0.2, 0.25) is 0 Å². The minimum Gasteiger partial charge on any atom is -0.489 e. The molecule has 9 heteroatoms. The highest BCUT2D eigenvalue weighted by atomic mass is 16.5. The topological polar surface area (TPSA) is 120 Å². The van der Waals surface area contributed by atoms with E-state index in [1.165, 1.54) is 26.1 Å². The van der Waals surface area contributed by atoms with E-state index in [4.69, 9.17) is 14.0 Å². The molecule has 1 atom stereocenters. The van der Waals surface area contributed by atoms with Crippen molar-refractivity contribution in [3.63, 3.8) is 0 Å². The van der Waals surface area contributed by atoms with E-state index in [-0.39, 0.29) is 12.2 Å². The van der Waals surface area contributed by atoms with Crippen molar-refractivity contribution >= 4 is 17.9 Å². The van der Waals surface area contributed by atoms with Crippen LogP contribution in [0.5, 0.6) is 5.75 Å². The number of rotatable bonds is 6. The molecule has 2 rings (SSSR count). The molecule has 1 heterocycles. The number of benzene rings is 1. The first-order valence-electron chi connectivity index (χ1n) is 8.20. The van der Waals surface area contributed by atoms with Crippen LogP contribution in [0.1, 0.15) is 34.3 Å². The minimum absolute atomic E-state index is 0.214.